The summed E-state index contributed by atoms with van der Waals surface area (Å²) in [7, 11) is 0.0362. The minimum absolute atomic E-state index is 0.0362. The van der Waals surface area contributed by atoms with E-state index in [-0.39, 0.29) is 7.05 Å². The average molecular weight is 494 g/mol. The molecule has 0 aliphatic rings. The summed E-state index contributed by atoms with van der Waals surface area (Å²) in [5.41, 5.74) is 0. The summed E-state index contributed by atoms with van der Waals surface area (Å²) in [5, 5.41) is -6.30. The molecule has 0 radical (unpaired) electrons. The second-order valence-corrected chi connectivity index (χ2v) is 5.57. The van der Waals surface area contributed by atoms with Gasteiger partial charge in [0.1, 0.15) is 0 Å². The van der Waals surface area contributed by atoms with Crippen molar-refractivity contribution in [2.45, 2.75) is 46.8 Å². The number of hydrogen-bond acceptors (Lipinski definition) is 1. The highest BCUT2D eigenvalue weighted by Crippen LogP contribution is 2.64. The first-order chi connectivity index (χ1) is 12.2. The van der Waals surface area contributed by atoms with Crippen molar-refractivity contribution in [2.75, 3.05) is 7.05 Å². The summed E-state index contributed by atoms with van der Waals surface area (Å²) in [6, 6.07) is 0. The third-order valence-corrected chi connectivity index (χ3v) is 3.47. The normalized spacial score (nSPS) is 16.1. The van der Waals surface area contributed by atoms with E-state index < -0.39 is 52.7 Å². The molecule has 0 aromatic rings. The first kappa shape index (κ1) is 27.6. The van der Waals surface area contributed by atoms with E-state index in [0.717, 1.165) is 0 Å². The molecule has 0 bridgehead atoms. The van der Waals surface area contributed by atoms with E-state index in [1.165, 1.54) is 0 Å². The SMILES string of the molecule is CNC(=O)C(F)(F)C(F)(F)C(F)(F)C(F)(F)C(F)(F)C(F)(F)C(F)(F)C(F)(F)Cl. The fraction of sp³-hybridized carbons (Fsp3) is 0.900. The van der Waals surface area contributed by atoms with Crippen LogP contribution in [-0.2, 0) is 4.79 Å². The Morgan fingerprint density at radius 1 is 0.552 bits per heavy atom. The van der Waals surface area contributed by atoms with Gasteiger partial charge in [0.2, 0.25) is 0 Å². The lowest BCUT2D eigenvalue weighted by molar-refractivity contribution is -0.446. The van der Waals surface area contributed by atoms with Gasteiger partial charge in [0.05, 0.1) is 0 Å². The third-order valence-electron chi connectivity index (χ3n) is 3.23. The standard InChI is InChI=1S/C10H4ClF16NO/c1-28-2(29)3(12,13)4(14,15)5(16,17)6(18,19)7(20,21)8(22,23)9(24,25)10(11,26)27/h1H3,(H,28,29). The van der Waals surface area contributed by atoms with E-state index in [0.29, 0.717) is 5.32 Å². The Bertz CT molecular complexity index is 638. The second kappa shape index (κ2) is 6.83. The lowest BCUT2D eigenvalue weighted by Gasteiger charge is -2.42. The van der Waals surface area contributed by atoms with Crippen LogP contribution in [0.1, 0.15) is 0 Å². The smallest absolute Gasteiger partial charge is 0.354 e. The molecular weight excluding hydrogens is 490 g/mol. The Morgan fingerprint density at radius 2 is 0.793 bits per heavy atom. The minimum atomic E-state index is -8.57. The minimum Gasteiger partial charge on any atom is -0.354 e. The second-order valence-electron chi connectivity index (χ2n) is 5.10. The Hall–Kier alpha value is -1.36. The van der Waals surface area contributed by atoms with Crippen molar-refractivity contribution in [1.82, 2.24) is 5.32 Å². The van der Waals surface area contributed by atoms with Crippen LogP contribution in [0.4, 0.5) is 70.2 Å². The van der Waals surface area contributed by atoms with Gasteiger partial charge in [-0.3, -0.25) is 4.79 Å². The van der Waals surface area contributed by atoms with Crippen molar-refractivity contribution < 1.29 is 75.0 Å². The zero-order chi connectivity index (χ0) is 24.3. The number of nitrogens with one attached hydrogen (secondary N) is 1. The predicted molar refractivity (Wildman–Crippen MR) is 59.5 cm³/mol. The summed E-state index contributed by atoms with van der Waals surface area (Å²) in [5.74, 6) is -60.0. The van der Waals surface area contributed by atoms with Gasteiger partial charge in [-0.1, -0.05) is 0 Å². The highest BCUT2D eigenvalue weighted by Gasteiger charge is 2.95. The van der Waals surface area contributed by atoms with E-state index in [1.54, 1.807) is 0 Å². The quantitative estimate of drug-likeness (QED) is 0.374. The van der Waals surface area contributed by atoms with Gasteiger partial charge >= 0.3 is 46.8 Å². The van der Waals surface area contributed by atoms with Gasteiger partial charge < -0.3 is 5.32 Å². The summed E-state index contributed by atoms with van der Waals surface area (Å²) < 4.78 is 208. The topological polar surface area (TPSA) is 29.1 Å². The largest absolute Gasteiger partial charge is 0.393 e. The third kappa shape index (κ3) is 3.34. The molecule has 0 aromatic carbocycles. The zero-order valence-corrected chi connectivity index (χ0v) is 13.6. The lowest BCUT2D eigenvalue weighted by Crippen LogP contribution is -2.75. The highest BCUT2D eigenvalue weighted by atomic mass is 35.5. The molecule has 1 amide bonds. The molecule has 0 saturated heterocycles. The molecular formula is C10H4ClF16NO. The van der Waals surface area contributed by atoms with Crippen LogP contribution in [0, 0.1) is 0 Å². The van der Waals surface area contributed by atoms with Crippen LogP contribution < -0.4 is 5.32 Å². The van der Waals surface area contributed by atoms with E-state index in [2.05, 4.69) is 11.6 Å². The molecule has 1 N–H and O–H groups in total. The number of amides is 1. The molecule has 0 unspecified atom stereocenters. The Balaban J connectivity index is 6.77. The maximum absolute atomic E-state index is 13.2. The molecule has 0 aliphatic carbocycles. The number of carbonyl (C=O) groups is 1. The number of rotatable bonds is 8. The predicted octanol–water partition coefficient (Wildman–Crippen LogP) is 5.01. The molecule has 0 rings (SSSR count). The van der Waals surface area contributed by atoms with Crippen molar-refractivity contribution >= 4 is 17.5 Å². The highest BCUT2D eigenvalue weighted by molar-refractivity contribution is 6.22. The number of hydrogen-bond donors (Lipinski definition) is 1. The van der Waals surface area contributed by atoms with E-state index in [1.807, 2.05) is 0 Å². The molecule has 0 spiro atoms. The average Bonchev–Trinajstić information content (AvgIpc) is 2.51. The van der Waals surface area contributed by atoms with Gasteiger partial charge in [-0.25, -0.2) is 0 Å². The van der Waals surface area contributed by atoms with Crippen LogP contribution >= 0.6 is 11.6 Å². The Morgan fingerprint density at radius 3 is 1.03 bits per heavy atom. The van der Waals surface area contributed by atoms with Crippen LogP contribution in [0.15, 0.2) is 0 Å². The molecule has 0 atom stereocenters. The van der Waals surface area contributed by atoms with Crippen molar-refractivity contribution in [1.29, 1.82) is 0 Å². The number of carbonyl (C=O) groups excluding carboxylic acids is 1. The van der Waals surface area contributed by atoms with Gasteiger partial charge in [0, 0.05) is 7.05 Å². The zero-order valence-electron chi connectivity index (χ0n) is 12.8. The number of alkyl halides is 17. The first-order valence-corrected chi connectivity index (χ1v) is 6.54. The van der Waals surface area contributed by atoms with E-state index in [9.17, 15) is 75.0 Å². The van der Waals surface area contributed by atoms with Gasteiger partial charge in [-0.2, -0.15) is 70.2 Å². The van der Waals surface area contributed by atoms with Crippen molar-refractivity contribution in [3.05, 3.63) is 0 Å². The van der Waals surface area contributed by atoms with Crippen LogP contribution in [0.2, 0.25) is 0 Å². The van der Waals surface area contributed by atoms with Crippen molar-refractivity contribution in [3.63, 3.8) is 0 Å². The van der Waals surface area contributed by atoms with Crippen LogP contribution in [0.5, 0.6) is 0 Å². The van der Waals surface area contributed by atoms with Crippen molar-refractivity contribution in [2.24, 2.45) is 0 Å². The molecule has 0 aromatic heterocycles. The number of halogens is 17. The summed E-state index contributed by atoms with van der Waals surface area (Å²) >= 11 is 3.35. The fourth-order valence-electron chi connectivity index (χ4n) is 1.46. The summed E-state index contributed by atoms with van der Waals surface area (Å²) in [4.78, 5) is 10.5. The molecule has 0 saturated carbocycles. The summed E-state index contributed by atoms with van der Waals surface area (Å²) in [6.45, 7) is 0. The van der Waals surface area contributed by atoms with Gasteiger partial charge in [0.15, 0.2) is 0 Å². The monoisotopic (exact) mass is 493 g/mol. The summed E-state index contributed by atoms with van der Waals surface area (Å²) in [6.07, 6.45) is 0. The lowest BCUT2D eigenvalue weighted by atomic mass is 9.89. The van der Waals surface area contributed by atoms with Crippen molar-refractivity contribution in [3.8, 4) is 0 Å². The molecule has 0 fully saturated rings. The molecule has 0 aliphatic heterocycles. The van der Waals surface area contributed by atoms with Crippen LogP contribution in [0.25, 0.3) is 0 Å². The Labute approximate surface area is 153 Å². The van der Waals surface area contributed by atoms with Gasteiger partial charge in [-0.15, -0.1) is 0 Å². The van der Waals surface area contributed by atoms with E-state index in [4.69, 9.17) is 0 Å². The fourth-order valence-corrected chi connectivity index (χ4v) is 1.58. The van der Waals surface area contributed by atoms with Gasteiger partial charge in [0.25, 0.3) is 5.91 Å². The van der Waals surface area contributed by atoms with Gasteiger partial charge in [-0.05, 0) is 11.6 Å². The van der Waals surface area contributed by atoms with E-state index >= 15 is 0 Å². The maximum Gasteiger partial charge on any atom is 0.393 e. The maximum atomic E-state index is 13.2. The molecule has 174 valence electrons. The molecule has 0 heterocycles. The molecule has 2 nitrogen and oxygen atoms in total. The first-order valence-electron chi connectivity index (χ1n) is 6.17. The van der Waals surface area contributed by atoms with Crippen LogP contribution in [0.3, 0.4) is 0 Å². The van der Waals surface area contributed by atoms with Crippen LogP contribution in [-0.4, -0.2) is 59.8 Å². The molecule has 19 heteroatoms. The Kier molecular flexibility index (Phi) is 6.51. The molecule has 29 heavy (non-hydrogen) atoms.